The van der Waals surface area contributed by atoms with E-state index in [1.165, 1.54) is 16.9 Å². The Balaban J connectivity index is 1.68. The molecule has 3 rings (SSSR count). The quantitative estimate of drug-likeness (QED) is 0.704. The molecule has 6 heteroatoms. The number of hydrogen-bond donors (Lipinski definition) is 2. The molecule has 0 spiro atoms. The van der Waals surface area contributed by atoms with Gasteiger partial charge in [0.1, 0.15) is 11.0 Å². The zero-order valence-electron chi connectivity index (χ0n) is 14.3. The van der Waals surface area contributed by atoms with Crippen LogP contribution in [0.25, 0.3) is 10.6 Å². The number of rotatable bonds is 6. The Hall–Kier alpha value is -2.99. The lowest BCUT2D eigenvalue weighted by Crippen LogP contribution is -2.38. The van der Waals surface area contributed by atoms with E-state index in [1.807, 2.05) is 42.6 Å². The van der Waals surface area contributed by atoms with Gasteiger partial charge < -0.3 is 11.1 Å². The molecule has 26 heavy (non-hydrogen) atoms. The highest BCUT2D eigenvalue weighted by atomic mass is 32.1. The Kier molecular flexibility index (Phi) is 5.43. The fraction of sp³-hybridized carbons (Fsp3) is 0.150. The Morgan fingerprint density at radius 2 is 1.81 bits per heavy atom. The van der Waals surface area contributed by atoms with Crippen molar-refractivity contribution in [2.45, 2.75) is 19.4 Å². The topological polar surface area (TPSA) is 85.1 Å². The maximum absolute atomic E-state index is 12.3. The van der Waals surface area contributed by atoms with Crippen molar-refractivity contribution < 1.29 is 9.59 Å². The van der Waals surface area contributed by atoms with E-state index < -0.39 is 11.9 Å². The van der Waals surface area contributed by atoms with Gasteiger partial charge in [-0.2, -0.15) is 0 Å². The van der Waals surface area contributed by atoms with Gasteiger partial charge in [0.25, 0.3) is 0 Å². The van der Waals surface area contributed by atoms with Crippen LogP contribution in [-0.2, 0) is 16.0 Å². The number of hydrogen-bond acceptors (Lipinski definition) is 4. The van der Waals surface area contributed by atoms with Crippen molar-refractivity contribution in [1.82, 2.24) is 10.3 Å². The van der Waals surface area contributed by atoms with Crippen LogP contribution in [0, 0.1) is 6.92 Å². The number of nitrogens with two attached hydrogens (primary N) is 1. The van der Waals surface area contributed by atoms with E-state index in [4.69, 9.17) is 5.73 Å². The normalized spacial score (nSPS) is 11.7. The summed E-state index contributed by atoms with van der Waals surface area (Å²) in [5.41, 5.74) is 8.96. The first-order valence-corrected chi connectivity index (χ1v) is 9.06. The molecule has 3 N–H and O–H groups in total. The molecule has 0 bridgehead atoms. The number of carbonyl (C=O) groups is 2. The van der Waals surface area contributed by atoms with Gasteiger partial charge in [0.15, 0.2) is 0 Å². The van der Waals surface area contributed by atoms with Crippen LogP contribution < -0.4 is 11.1 Å². The molecule has 5 nitrogen and oxygen atoms in total. The molecular weight excluding hydrogens is 346 g/mol. The smallest absolute Gasteiger partial charge is 0.244 e. The summed E-state index contributed by atoms with van der Waals surface area (Å²) < 4.78 is 0. The van der Waals surface area contributed by atoms with Crippen molar-refractivity contribution in [2.24, 2.45) is 5.73 Å². The molecule has 1 atom stereocenters. The lowest BCUT2D eigenvalue weighted by atomic mass is 10.1. The summed E-state index contributed by atoms with van der Waals surface area (Å²) in [7, 11) is 0. The maximum Gasteiger partial charge on any atom is 0.244 e. The molecule has 0 fully saturated rings. The van der Waals surface area contributed by atoms with Crippen molar-refractivity contribution in [2.75, 3.05) is 0 Å². The highest BCUT2D eigenvalue weighted by Gasteiger charge is 2.20. The molecule has 1 aromatic heterocycles. The van der Waals surface area contributed by atoms with Gasteiger partial charge in [0.05, 0.1) is 12.1 Å². The van der Waals surface area contributed by atoms with E-state index in [1.54, 1.807) is 24.3 Å². The third-order valence-electron chi connectivity index (χ3n) is 3.91. The van der Waals surface area contributed by atoms with Gasteiger partial charge in [-0.25, -0.2) is 4.98 Å². The largest absolute Gasteiger partial charge is 0.368 e. The van der Waals surface area contributed by atoms with E-state index in [9.17, 15) is 9.59 Å². The minimum Gasteiger partial charge on any atom is -0.368 e. The van der Waals surface area contributed by atoms with Gasteiger partial charge in [-0.15, -0.1) is 11.3 Å². The first-order chi connectivity index (χ1) is 12.5. The number of amides is 2. The van der Waals surface area contributed by atoms with Gasteiger partial charge in [-0.3, -0.25) is 9.59 Å². The molecule has 1 unspecified atom stereocenters. The van der Waals surface area contributed by atoms with Gasteiger partial charge in [-0.1, -0.05) is 60.2 Å². The van der Waals surface area contributed by atoms with Crippen molar-refractivity contribution in [3.63, 3.8) is 0 Å². The Morgan fingerprint density at radius 3 is 2.46 bits per heavy atom. The summed E-state index contributed by atoms with van der Waals surface area (Å²) in [4.78, 5) is 28.6. The van der Waals surface area contributed by atoms with E-state index in [2.05, 4.69) is 10.3 Å². The van der Waals surface area contributed by atoms with E-state index in [-0.39, 0.29) is 12.3 Å². The maximum atomic E-state index is 12.3. The zero-order valence-corrected chi connectivity index (χ0v) is 15.1. The third kappa shape index (κ3) is 4.34. The fourth-order valence-corrected chi connectivity index (χ4v) is 3.38. The van der Waals surface area contributed by atoms with Crippen LogP contribution in [0.4, 0.5) is 0 Å². The standard InChI is InChI=1S/C20H19N3O2S/c1-13-7-9-15(10-8-13)20-22-16(12-26-20)11-17(24)23-18(19(21)25)14-5-3-2-4-6-14/h2-10,12,18H,11H2,1H3,(H2,21,25)(H,23,24). The van der Waals surface area contributed by atoms with Crippen LogP contribution in [0.2, 0.25) is 0 Å². The Morgan fingerprint density at radius 1 is 1.12 bits per heavy atom. The summed E-state index contributed by atoms with van der Waals surface area (Å²) in [6, 6.07) is 16.2. The monoisotopic (exact) mass is 365 g/mol. The second-order valence-electron chi connectivity index (χ2n) is 6.00. The SMILES string of the molecule is Cc1ccc(-c2nc(CC(=O)NC(C(N)=O)c3ccccc3)cs2)cc1. The predicted molar refractivity (Wildman–Crippen MR) is 103 cm³/mol. The van der Waals surface area contributed by atoms with Crippen LogP contribution in [0.1, 0.15) is 22.9 Å². The minimum absolute atomic E-state index is 0.0962. The van der Waals surface area contributed by atoms with Crippen LogP contribution in [-0.4, -0.2) is 16.8 Å². The second kappa shape index (κ2) is 7.93. The van der Waals surface area contributed by atoms with Crippen LogP contribution in [0.5, 0.6) is 0 Å². The minimum atomic E-state index is -0.848. The summed E-state index contributed by atoms with van der Waals surface area (Å²) in [5, 5.41) is 5.41. The molecule has 3 aromatic rings. The fourth-order valence-electron chi connectivity index (χ4n) is 2.56. The average molecular weight is 365 g/mol. The first kappa shape index (κ1) is 17.8. The van der Waals surface area contributed by atoms with Gasteiger partial charge in [-0.05, 0) is 12.5 Å². The number of aryl methyl sites for hydroxylation is 1. The van der Waals surface area contributed by atoms with Crippen LogP contribution in [0.3, 0.4) is 0 Å². The molecule has 2 aromatic carbocycles. The second-order valence-corrected chi connectivity index (χ2v) is 6.86. The lowest BCUT2D eigenvalue weighted by molar-refractivity contribution is -0.127. The molecule has 0 saturated heterocycles. The molecule has 132 valence electrons. The van der Waals surface area contributed by atoms with Gasteiger partial charge >= 0.3 is 0 Å². The summed E-state index contributed by atoms with van der Waals surface area (Å²) in [5.74, 6) is -0.887. The van der Waals surface area contributed by atoms with E-state index in [0.717, 1.165) is 10.6 Å². The van der Waals surface area contributed by atoms with E-state index >= 15 is 0 Å². The Labute approximate surface area is 155 Å². The number of aromatic nitrogens is 1. The third-order valence-corrected chi connectivity index (χ3v) is 4.85. The highest BCUT2D eigenvalue weighted by molar-refractivity contribution is 7.13. The van der Waals surface area contributed by atoms with Crippen molar-refractivity contribution >= 4 is 23.2 Å². The average Bonchev–Trinajstić information content (AvgIpc) is 3.09. The summed E-state index contributed by atoms with van der Waals surface area (Å²) in [6.07, 6.45) is 0.0962. The van der Waals surface area contributed by atoms with Crippen LogP contribution in [0.15, 0.2) is 60.0 Å². The van der Waals surface area contributed by atoms with Crippen LogP contribution >= 0.6 is 11.3 Å². The molecule has 0 aliphatic carbocycles. The molecule has 0 aliphatic heterocycles. The zero-order chi connectivity index (χ0) is 18.5. The first-order valence-electron chi connectivity index (χ1n) is 8.18. The summed E-state index contributed by atoms with van der Waals surface area (Å²) >= 11 is 1.49. The molecule has 0 saturated carbocycles. The van der Waals surface area contributed by atoms with E-state index in [0.29, 0.717) is 11.3 Å². The number of nitrogens with zero attached hydrogens (tertiary/aromatic N) is 1. The highest BCUT2D eigenvalue weighted by Crippen LogP contribution is 2.24. The van der Waals surface area contributed by atoms with Crippen molar-refractivity contribution in [3.8, 4) is 10.6 Å². The lowest BCUT2D eigenvalue weighted by Gasteiger charge is -2.15. The molecule has 2 amide bonds. The van der Waals surface area contributed by atoms with Gasteiger partial charge in [0, 0.05) is 10.9 Å². The van der Waals surface area contributed by atoms with Crippen molar-refractivity contribution in [1.29, 1.82) is 0 Å². The Bertz CT molecular complexity index is 904. The number of benzene rings is 2. The molecular formula is C20H19N3O2S. The number of primary amides is 1. The van der Waals surface area contributed by atoms with Crippen molar-refractivity contribution in [3.05, 3.63) is 76.8 Å². The molecule has 0 aliphatic rings. The number of carbonyl (C=O) groups excluding carboxylic acids is 2. The summed E-state index contributed by atoms with van der Waals surface area (Å²) in [6.45, 7) is 2.03. The van der Waals surface area contributed by atoms with Gasteiger partial charge in [0.2, 0.25) is 11.8 Å². The molecule has 1 heterocycles. The molecule has 0 radical (unpaired) electrons. The predicted octanol–water partition coefficient (Wildman–Crippen LogP) is 3.00. The number of thiazole rings is 1. The number of nitrogens with one attached hydrogen (secondary N) is 1.